The number of aliphatic hydroxyl groups excluding tert-OH is 1. The highest BCUT2D eigenvalue weighted by atomic mass is 16.5. The van der Waals surface area contributed by atoms with Gasteiger partial charge in [0.05, 0.1) is 24.9 Å². The molecule has 150 valence electrons. The van der Waals surface area contributed by atoms with E-state index in [-0.39, 0.29) is 11.8 Å². The molecule has 2 aliphatic heterocycles. The second-order valence-electron chi connectivity index (χ2n) is 7.62. The Balaban J connectivity index is 1.59. The molecule has 1 unspecified atom stereocenters. The second-order valence-corrected chi connectivity index (χ2v) is 7.62. The van der Waals surface area contributed by atoms with E-state index in [2.05, 4.69) is 17.1 Å². The van der Waals surface area contributed by atoms with Crippen molar-refractivity contribution in [3.63, 3.8) is 0 Å². The number of nitrogens with zero attached hydrogens (tertiary/aromatic N) is 1. The Kier molecular flexibility index (Phi) is 6.96. The zero-order valence-electron chi connectivity index (χ0n) is 16.5. The van der Waals surface area contributed by atoms with Gasteiger partial charge in [-0.15, -0.1) is 0 Å². The number of carbonyl (C=O) groups excluding carboxylic acids is 1. The Hall–Kier alpha value is -1.79. The summed E-state index contributed by atoms with van der Waals surface area (Å²) in [5.74, 6) is 1.13. The molecule has 3 rings (SSSR count). The van der Waals surface area contributed by atoms with Crippen molar-refractivity contribution in [3.8, 4) is 11.5 Å². The summed E-state index contributed by atoms with van der Waals surface area (Å²) in [5, 5.41) is 13.4. The lowest BCUT2D eigenvalue weighted by Gasteiger charge is -2.36. The first kappa shape index (κ1) is 20.0. The molecule has 0 radical (unpaired) electrons. The summed E-state index contributed by atoms with van der Waals surface area (Å²) in [7, 11) is 0. The van der Waals surface area contributed by atoms with E-state index in [1.165, 1.54) is 6.42 Å². The normalized spacial score (nSPS) is 22.9. The number of hydrogen-bond acceptors (Lipinski definition) is 5. The van der Waals surface area contributed by atoms with Gasteiger partial charge in [-0.05, 0) is 44.5 Å². The summed E-state index contributed by atoms with van der Waals surface area (Å²) in [4.78, 5) is 15.1. The Morgan fingerprint density at radius 3 is 2.81 bits per heavy atom. The first-order valence-electron chi connectivity index (χ1n) is 10.2. The molecule has 27 heavy (non-hydrogen) atoms. The molecule has 0 aromatic heterocycles. The van der Waals surface area contributed by atoms with Gasteiger partial charge in [0.25, 0.3) is 5.91 Å². The number of unbranched alkanes of at least 4 members (excludes halogenated alkanes) is 1. The summed E-state index contributed by atoms with van der Waals surface area (Å²) in [5.41, 5.74) is 1.48. The highest BCUT2D eigenvalue weighted by Crippen LogP contribution is 2.36. The van der Waals surface area contributed by atoms with Gasteiger partial charge in [-0.2, -0.15) is 0 Å². The summed E-state index contributed by atoms with van der Waals surface area (Å²) in [6, 6.07) is 3.69. The fraction of sp³-hybridized carbons (Fsp3) is 0.667. The van der Waals surface area contributed by atoms with E-state index in [9.17, 15) is 9.90 Å². The summed E-state index contributed by atoms with van der Waals surface area (Å²) in [6.45, 7) is 8.47. The number of rotatable bonds is 6. The second kappa shape index (κ2) is 9.42. The summed E-state index contributed by atoms with van der Waals surface area (Å²) in [6.07, 6.45) is 3.63. The molecule has 1 saturated heterocycles. The number of likely N-dealkylation sites (tertiary alicyclic amines) is 1. The van der Waals surface area contributed by atoms with Gasteiger partial charge in [-0.3, -0.25) is 4.79 Å². The van der Waals surface area contributed by atoms with Crippen molar-refractivity contribution in [1.29, 1.82) is 0 Å². The van der Waals surface area contributed by atoms with Crippen molar-refractivity contribution in [1.82, 2.24) is 10.2 Å². The van der Waals surface area contributed by atoms with Gasteiger partial charge in [0.1, 0.15) is 0 Å². The molecule has 0 bridgehead atoms. The minimum absolute atomic E-state index is 0.0908. The highest BCUT2D eigenvalue weighted by Gasteiger charge is 2.28. The zero-order valence-corrected chi connectivity index (χ0v) is 16.5. The first-order valence-corrected chi connectivity index (χ1v) is 10.2. The number of nitrogens with one attached hydrogen (secondary N) is 1. The van der Waals surface area contributed by atoms with E-state index >= 15 is 0 Å². The lowest BCUT2D eigenvalue weighted by Crippen LogP contribution is -2.47. The van der Waals surface area contributed by atoms with Gasteiger partial charge in [0, 0.05) is 25.4 Å². The Bertz CT molecular complexity index is 649. The average Bonchev–Trinajstić information content (AvgIpc) is 2.92. The molecule has 0 spiro atoms. The maximum absolute atomic E-state index is 12.8. The van der Waals surface area contributed by atoms with Crippen LogP contribution in [0.25, 0.3) is 0 Å². The van der Waals surface area contributed by atoms with E-state index in [1.54, 1.807) is 6.07 Å². The Morgan fingerprint density at radius 1 is 1.30 bits per heavy atom. The summed E-state index contributed by atoms with van der Waals surface area (Å²) >= 11 is 0. The molecule has 1 fully saturated rings. The molecule has 1 aromatic carbocycles. The number of carbonyl (C=O) groups is 1. The molecular weight excluding hydrogens is 344 g/mol. The number of benzene rings is 1. The van der Waals surface area contributed by atoms with E-state index in [0.717, 1.165) is 37.9 Å². The van der Waals surface area contributed by atoms with Crippen LogP contribution in [0.4, 0.5) is 0 Å². The van der Waals surface area contributed by atoms with Crippen LogP contribution in [0.5, 0.6) is 11.5 Å². The summed E-state index contributed by atoms with van der Waals surface area (Å²) < 4.78 is 11.6. The van der Waals surface area contributed by atoms with Gasteiger partial charge in [-0.25, -0.2) is 0 Å². The zero-order chi connectivity index (χ0) is 19.2. The Morgan fingerprint density at radius 2 is 2.07 bits per heavy atom. The third-order valence-corrected chi connectivity index (χ3v) is 5.49. The minimum Gasteiger partial charge on any atom is -0.489 e. The van der Waals surface area contributed by atoms with Crippen LogP contribution in [0, 0.1) is 12.8 Å². The predicted octanol–water partition coefficient (Wildman–Crippen LogP) is 2.37. The molecule has 0 aliphatic carbocycles. The number of hydrogen-bond donors (Lipinski definition) is 2. The molecule has 6 nitrogen and oxygen atoms in total. The van der Waals surface area contributed by atoms with Crippen LogP contribution in [0.3, 0.4) is 0 Å². The average molecular weight is 376 g/mol. The molecule has 2 N–H and O–H groups in total. The van der Waals surface area contributed by atoms with Crippen molar-refractivity contribution < 1.29 is 19.4 Å². The van der Waals surface area contributed by atoms with E-state index < -0.39 is 6.10 Å². The van der Waals surface area contributed by atoms with Crippen LogP contribution in [0.2, 0.25) is 0 Å². The van der Waals surface area contributed by atoms with Crippen molar-refractivity contribution in [2.75, 3.05) is 39.4 Å². The Labute approximate surface area is 161 Å². The number of fused-ring (bicyclic) bond motifs is 1. The van der Waals surface area contributed by atoms with Crippen molar-refractivity contribution in [2.24, 2.45) is 5.92 Å². The number of β-amino-alcohol motifs (C(OH)–C–C–N with tert-alkyl or cyclic N) is 1. The molecule has 1 aromatic rings. The fourth-order valence-corrected chi connectivity index (χ4v) is 3.76. The molecule has 0 saturated carbocycles. The molecule has 2 heterocycles. The van der Waals surface area contributed by atoms with Gasteiger partial charge in [0.15, 0.2) is 11.5 Å². The molecule has 2 aliphatic rings. The van der Waals surface area contributed by atoms with E-state index in [1.807, 2.05) is 13.0 Å². The van der Waals surface area contributed by atoms with E-state index in [4.69, 9.17) is 9.47 Å². The van der Waals surface area contributed by atoms with Gasteiger partial charge >= 0.3 is 0 Å². The lowest BCUT2D eigenvalue weighted by atomic mass is 9.93. The fourth-order valence-electron chi connectivity index (χ4n) is 3.76. The smallest absolute Gasteiger partial charge is 0.255 e. The third kappa shape index (κ3) is 4.93. The van der Waals surface area contributed by atoms with Crippen molar-refractivity contribution in [2.45, 2.75) is 45.6 Å². The quantitative estimate of drug-likeness (QED) is 0.798. The number of ether oxygens (including phenoxy) is 2. The molecule has 6 heteroatoms. The molecule has 2 atom stereocenters. The highest BCUT2D eigenvalue weighted by molar-refractivity contribution is 5.98. The number of piperidine rings is 1. The van der Waals surface area contributed by atoms with Crippen molar-refractivity contribution >= 4 is 5.91 Å². The molecular formula is C21H32N2O4. The number of aryl methyl sites for hydroxylation is 1. The van der Waals surface area contributed by atoms with Crippen LogP contribution in [0.1, 0.15) is 48.5 Å². The van der Waals surface area contributed by atoms with Crippen molar-refractivity contribution in [3.05, 3.63) is 23.3 Å². The van der Waals surface area contributed by atoms with Gasteiger partial charge in [0.2, 0.25) is 0 Å². The lowest BCUT2D eigenvalue weighted by molar-refractivity contribution is 0.0217. The monoisotopic (exact) mass is 376 g/mol. The number of amides is 1. The SMILES string of the molecule is CCCCN1CC[C@@H](CNC(=O)c2ccc(C)c3c2OCCCO3)C(O)C1. The molecule has 1 amide bonds. The predicted molar refractivity (Wildman–Crippen MR) is 105 cm³/mol. The van der Waals surface area contributed by atoms with Crippen LogP contribution in [0.15, 0.2) is 12.1 Å². The number of aliphatic hydroxyl groups is 1. The van der Waals surface area contributed by atoms with Crippen LogP contribution in [-0.4, -0.2) is 61.4 Å². The van der Waals surface area contributed by atoms with Crippen LogP contribution in [-0.2, 0) is 0 Å². The maximum atomic E-state index is 12.8. The maximum Gasteiger partial charge on any atom is 0.255 e. The largest absolute Gasteiger partial charge is 0.489 e. The van der Waals surface area contributed by atoms with Gasteiger partial charge in [-0.1, -0.05) is 19.4 Å². The minimum atomic E-state index is -0.398. The standard InChI is InChI=1S/C21H32N2O4/c1-3-4-9-23-10-8-16(18(24)14-23)13-22-21(25)17-7-6-15(2)19-20(17)27-12-5-11-26-19/h6-7,16,18,24H,3-5,8-14H2,1-2H3,(H,22,25)/t16-,18?/m0/s1. The van der Waals surface area contributed by atoms with Gasteiger partial charge < -0.3 is 24.8 Å². The van der Waals surface area contributed by atoms with Crippen LogP contribution >= 0.6 is 0 Å². The third-order valence-electron chi connectivity index (χ3n) is 5.49. The van der Waals surface area contributed by atoms with Crippen LogP contribution < -0.4 is 14.8 Å². The topological polar surface area (TPSA) is 71.0 Å². The van der Waals surface area contributed by atoms with E-state index in [0.29, 0.717) is 43.4 Å². The first-order chi connectivity index (χ1) is 13.1.